The molecule has 0 radical (unpaired) electrons. The summed E-state index contributed by atoms with van der Waals surface area (Å²) in [6.45, 7) is 5.52. The molecule has 0 atom stereocenters. The third-order valence-electron chi connectivity index (χ3n) is 6.45. The molecular formula is C29H28N2O10. The number of hydrogen-bond donors (Lipinski definition) is 2. The average molecular weight is 565 g/mol. The number of hydrogen-bond acceptors (Lipinski definition) is 8. The standard InChI is InChI=1S/C29H28N2O10/c1-4-30-12-22(28(35)36)26(33)20-8-6-17(10-24(20)30)39-14-19(41-16(3)32)15-40-18-7-9-21-25(11-18)31(5-2)13-23(27(21)34)29(37)38/h6-13,19H,4-5,14-15H2,1-3H3,(H,35,36)(H,37,38). The van der Waals surface area contributed by atoms with E-state index in [1.54, 1.807) is 21.3 Å². The zero-order valence-electron chi connectivity index (χ0n) is 22.6. The minimum Gasteiger partial charge on any atom is -0.490 e. The molecule has 4 aromatic rings. The molecule has 2 aromatic heterocycles. The second kappa shape index (κ2) is 11.9. The Balaban J connectivity index is 1.55. The Hall–Kier alpha value is -5.13. The maximum atomic E-state index is 12.6. The first-order valence-electron chi connectivity index (χ1n) is 12.8. The smallest absolute Gasteiger partial charge is 0.341 e. The molecule has 0 spiro atoms. The van der Waals surface area contributed by atoms with E-state index in [-0.39, 0.29) is 35.1 Å². The number of benzene rings is 2. The minimum atomic E-state index is -1.31. The Morgan fingerprint density at radius 2 is 1.17 bits per heavy atom. The van der Waals surface area contributed by atoms with Gasteiger partial charge in [-0.1, -0.05) is 0 Å². The molecule has 0 fully saturated rings. The summed E-state index contributed by atoms with van der Waals surface area (Å²) in [7, 11) is 0. The number of esters is 1. The van der Waals surface area contributed by atoms with E-state index in [0.717, 1.165) is 0 Å². The van der Waals surface area contributed by atoms with E-state index in [2.05, 4.69) is 0 Å². The number of carbonyl (C=O) groups excluding carboxylic acids is 1. The summed E-state index contributed by atoms with van der Waals surface area (Å²) in [5.74, 6) is -2.44. The molecule has 12 nitrogen and oxygen atoms in total. The van der Waals surface area contributed by atoms with Crippen molar-refractivity contribution in [2.75, 3.05) is 13.2 Å². The second-order valence-electron chi connectivity index (χ2n) is 9.14. The number of rotatable bonds is 11. The van der Waals surface area contributed by atoms with Crippen LogP contribution in [-0.2, 0) is 22.6 Å². The van der Waals surface area contributed by atoms with Crippen LogP contribution < -0.4 is 20.3 Å². The van der Waals surface area contributed by atoms with E-state index in [9.17, 15) is 34.2 Å². The van der Waals surface area contributed by atoms with Gasteiger partial charge in [0.25, 0.3) is 0 Å². The van der Waals surface area contributed by atoms with Crippen molar-refractivity contribution in [3.05, 3.63) is 80.4 Å². The fourth-order valence-electron chi connectivity index (χ4n) is 4.48. The lowest BCUT2D eigenvalue weighted by Crippen LogP contribution is -2.30. The van der Waals surface area contributed by atoms with Gasteiger partial charge in [0, 0.05) is 55.3 Å². The summed E-state index contributed by atoms with van der Waals surface area (Å²) < 4.78 is 20.3. The summed E-state index contributed by atoms with van der Waals surface area (Å²) in [6.07, 6.45) is 1.75. The molecule has 0 aliphatic heterocycles. The Morgan fingerprint density at radius 3 is 1.51 bits per heavy atom. The Morgan fingerprint density at radius 1 is 0.756 bits per heavy atom. The van der Waals surface area contributed by atoms with Crippen LogP contribution in [0.1, 0.15) is 41.5 Å². The molecule has 2 N–H and O–H groups in total. The normalized spacial score (nSPS) is 11.1. The van der Waals surface area contributed by atoms with Crippen molar-refractivity contribution in [3.8, 4) is 11.5 Å². The van der Waals surface area contributed by atoms with Gasteiger partial charge in [-0.3, -0.25) is 14.4 Å². The number of aryl methyl sites for hydroxylation is 2. The molecule has 0 unspecified atom stereocenters. The molecule has 41 heavy (non-hydrogen) atoms. The fraction of sp³-hybridized carbons (Fsp3) is 0.276. The van der Waals surface area contributed by atoms with E-state index in [0.29, 0.717) is 35.6 Å². The lowest BCUT2D eigenvalue weighted by molar-refractivity contribution is -0.149. The van der Waals surface area contributed by atoms with Crippen molar-refractivity contribution in [1.82, 2.24) is 9.13 Å². The van der Waals surface area contributed by atoms with Gasteiger partial charge >= 0.3 is 17.9 Å². The maximum Gasteiger partial charge on any atom is 0.341 e. The van der Waals surface area contributed by atoms with Gasteiger partial charge in [0.1, 0.15) is 35.8 Å². The van der Waals surface area contributed by atoms with Crippen molar-refractivity contribution < 1.29 is 38.8 Å². The highest BCUT2D eigenvalue weighted by Gasteiger charge is 2.19. The van der Waals surface area contributed by atoms with Crippen LogP contribution in [0, 0.1) is 0 Å². The van der Waals surface area contributed by atoms with Crippen molar-refractivity contribution in [1.29, 1.82) is 0 Å². The lowest BCUT2D eigenvalue weighted by Gasteiger charge is -2.19. The quantitative estimate of drug-likeness (QED) is 0.259. The zero-order valence-corrected chi connectivity index (χ0v) is 22.6. The first-order chi connectivity index (χ1) is 19.5. The van der Waals surface area contributed by atoms with Crippen LogP contribution in [0.15, 0.2) is 58.4 Å². The van der Waals surface area contributed by atoms with Gasteiger partial charge in [-0.05, 0) is 38.1 Å². The molecule has 4 rings (SSSR count). The van der Waals surface area contributed by atoms with Gasteiger partial charge in [-0.2, -0.15) is 0 Å². The molecule has 0 aliphatic rings. The van der Waals surface area contributed by atoms with E-state index in [1.807, 2.05) is 13.8 Å². The number of ether oxygens (including phenoxy) is 3. The first-order valence-corrected chi connectivity index (χ1v) is 12.8. The number of nitrogens with zero attached hydrogens (tertiary/aromatic N) is 2. The van der Waals surface area contributed by atoms with Crippen LogP contribution in [0.5, 0.6) is 11.5 Å². The largest absolute Gasteiger partial charge is 0.490 e. The van der Waals surface area contributed by atoms with E-state index >= 15 is 0 Å². The monoisotopic (exact) mass is 564 g/mol. The highest BCUT2D eigenvalue weighted by Crippen LogP contribution is 2.22. The number of pyridine rings is 2. The predicted octanol–water partition coefficient (Wildman–Crippen LogP) is 3.14. The maximum absolute atomic E-state index is 12.6. The summed E-state index contributed by atoms with van der Waals surface area (Å²) in [6, 6.07) is 9.24. The van der Waals surface area contributed by atoms with Crippen LogP contribution >= 0.6 is 0 Å². The lowest BCUT2D eigenvalue weighted by atomic mass is 10.1. The van der Waals surface area contributed by atoms with Crippen molar-refractivity contribution >= 4 is 39.7 Å². The molecule has 2 heterocycles. The van der Waals surface area contributed by atoms with Crippen LogP contribution in [-0.4, -0.2) is 56.6 Å². The number of fused-ring (bicyclic) bond motifs is 2. The van der Waals surface area contributed by atoms with Gasteiger partial charge in [0.05, 0.1) is 11.0 Å². The zero-order chi connectivity index (χ0) is 29.8. The average Bonchev–Trinajstić information content (AvgIpc) is 2.94. The van der Waals surface area contributed by atoms with Crippen molar-refractivity contribution in [3.63, 3.8) is 0 Å². The topological polar surface area (TPSA) is 163 Å². The number of carboxylic acids is 2. The Kier molecular flexibility index (Phi) is 8.41. The minimum absolute atomic E-state index is 0.0934. The van der Waals surface area contributed by atoms with Crippen LogP contribution in [0.25, 0.3) is 21.8 Å². The van der Waals surface area contributed by atoms with Crippen molar-refractivity contribution in [2.45, 2.75) is 40.0 Å². The number of carbonyl (C=O) groups is 3. The fourth-order valence-corrected chi connectivity index (χ4v) is 4.48. The number of aromatic carboxylic acids is 2. The molecule has 0 bridgehead atoms. The van der Waals surface area contributed by atoms with Crippen molar-refractivity contribution in [2.24, 2.45) is 0 Å². The van der Waals surface area contributed by atoms with E-state index in [1.165, 1.54) is 43.6 Å². The highest BCUT2D eigenvalue weighted by atomic mass is 16.6. The van der Waals surface area contributed by atoms with Gasteiger partial charge < -0.3 is 33.6 Å². The van der Waals surface area contributed by atoms with Crippen LogP contribution in [0.2, 0.25) is 0 Å². The highest BCUT2D eigenvalue weighted by molar-refractivity contribution is 5.93. The first kappa shape index (κ1) is 28.9. The predicted molar refractivity (Wildman–Crippen MR) is 148 cm³/mol. The van der Waals surface area contributed by atoms with Crippen LogP contribution in [0.4, 0.5) is 0 Å². The number of aromatic nitrogens is 2. The molecule has 0 amide bonds. The number of carboxylic acid groups (broad SMARTS) is 2. The summed E-state index contributed by atoms with van der Waals surface area (Å²) in [5.41, 5.74) is -0.871. The molecule has 214 valence electrons. The Labute approximate surface area is 232 Å². The summed E-state index contributed by atoms with van der Waals surface area (Å²) in [4.78, 5) is 59.8. The van der Waals surface area contributed by atoms with E-state index in [4.69, 9.17) is 14.2 Å². The Bertz CT molecular complexity index is 1660. The molecule has 0 saturated carbocycles. The molecule has 2 aromatic carbocycles. The third kappa shape index (κ3) is 6.06. The molecule has 0 saturated heterocycles. The molecule has 12 heteroatoms. The molecule has 0 aliphatic carbocycles. The van der Waals surface area contributed by atoms with Gasteiger partial charge in [0.15, 0.2) is 6.10 Å². The third-order valence-corrected chi connectivity index (χ3v) is 6.45. The van der Waals surface area contributed by atoms with Gasteiger partial charge in [-0.15, -0.1) is 0 Å². The van der Waals surface area contributed by atoms with E-state index < -0.39 is 34.9 Å². The van der Waals surface area contributed by atoms with Gasteiger partial charge in [0.2, 0.25) is 10.9 Å². The summed E-state index contributed by atoms with van der Waals surface area (Å²) >= 11 is 0. The van der Waals surface area contributed by atoms with Crippen LogP contribution in [0.3, 0.4) is 0 Å². The SMILES string of the molecule is CCn1cc(C(=O)O)c(=O)c2ccc(OCC(COc3ccc4c(=O)c(C(=O)O)cn(CC)c4c3)OC(C)=O)cc21. The van der Waals surface area contributed by atoms with Gasteiger partial charge in [-0.25, -0.2) is 9.59 Å². The summed E-state index contributed by atoms with van der Waals surface area (Å²) in [5, 5.41) is 19.2. The molecular weight excluding hydrogens is 536 g/mol. The second-order valence-corrected chi connectivity index (χ2v) is 9.14.